The fourth-order valence-corrected chi connectivity index (χ4v) is 4.03. The molecule has 2 aromatic rings. The molecule has 6 nitrogen and oxygen atoms in total. The van der Waals surface area contributed by atoms with Gasteiger partial charge in [-0.1, -0.05) is 35.0 Å². The number of aliphatic hydroxyl groups is 1. The van der Waals surface area contributed by atoms with Crippen LogP contribution < -0.4 is 4.74 Å². The molecule has 0 radical (unpaired) electrons. The van der Waals surface area contributed by atoms with Crippen LogP contribution in [0.25, 0.3) is 5.76 Å². The largest absolute Gasteiger partial charge is 0.507 e. The minimum atomic E-state index is -0.667. The fraction of sp³-hybridized carbons (Fsp3) is 0.360. The van der Waals surface area contributed by atoms with Crippen molar-refractivity contribution in [1.29, 1.82) is 0 Å². The van der Waals surface area contributed by atoms with E-state index in [1.807, 2.05) is 63.2 Å². The number of nitrogens with zero attached hydrogens (tertiary/aromatic N) is 2. The zero-order valence-corrected chi connectivity index (χ0v) is 20.5. The molecule has 1 aliphatic heterocycles. The van der Waals surface area contributed by atoms with Crippen molar-refractivity contribution in [3.05, 3.63) is 69.2 Å². The first kappa shape index (κ1) is 24.0. The van der Waals surface area contributed by atoms with E-state index in [2.05, 4.69) is 15.9 Å². The lowest BCUT2D eigenvalue weighted by atomic mass is 9.94. The summed E-state index contributed by atoms with van der Waals surface area (Å²) in [5, 5.41) is 11.3. The van der Waals surface area contributed by atoms with Crippen molar-refractivity contribution in [1.82, 2.24) is 9.80 Å². The summed E-state index contributed by atoms with van der Waals surface area (Å²) < 4.78 is 6.56. The molecule has 1 unspecified atom stereocenters. The van der Waals surface area contributed by atoms with E-state index in [0.717, 1.165) is 22.0 Å². The molecule has 0 spiro atoms. The Morgan fingerprint density at radius 1 is 1.16 bits per heavy atom. The second-order valence-electron chi connectivity index (χ2n) is 8.17. The number of rotatable bonds is 8. The summed E-state index contributed by atoms with van der Waals surface area (Å²) in [5.74, 6) is -0.721. The van der Waals surface area contributed by atoms with Crippen molar-refractivity contribution in [3.63, 3.8) is 0 Å². The topological polar surface area (TPSA) is 70.1 Å². The molecule has 1 atom stereocenters. The van der Waals surface area contributed by atoms with E-state index >= 15 is 0 Å². The number of benzene rings is 2. The van der Waals surface area contributed by atoms with E-state index < -0.39 is 17.7 Å². The Labute approximate surface area is 197 Å². The first-order valence-electron chi connectivity index (χ1n) is 10.7. The molecule has 0 saturated carbocycles. The molecule has 7 heteroatoms. The number of aryl methyl sites for hydroxylation is 1. The predicted octanol–water partition coefficient (Wildman–Crippen LogP) is 4.53. The maximum atomic E-state index is 13.1. The Morgan fingerprint density at radius 2 is 1.84 bits per heavy atom. The average Bonchev–Trinajstić information content (AvgIpc) is 3.01. The number of likely N-dealkylation sites (tertiary alicyclic amines) is 1. The van der Waals surface area contributed by atoms with Gasteiger partial charge in [0, 0.05) is 23.1 Å². The van der Waals surface area contributed by atoms with Crippen molar-refractivity contribution >= 4 is 33.4 Å². The highest BCUT2D eigenvalue weighted by Gasteiger charge is 2.46. The van der Waals surface area contributed by atoms with Crippen LogP contribution in [-0.2, 0) is 9.59 Å². The van der Waals surface area contributed by atoms with E-state index in [0.29, 0.717) is 31.0 Å². The van der Waals surface area contributed by atoms with Crippen LogP contribution in [0.2, 0.25) is 0 Å². The monoisotopic (exact) mass is 500 g/mol. The van der Waals surface area contributed by atoms with Gasteiger partial charge in [-0.3, -0.25) is 9.59 Å². The number of Topliss-reactive ketones (excluding diaryl/α,β-unsaturated/α-hetero) is 1. The third kappa shape index (κ3) is 5.05. The number of carbonyl (C=O) groups excluding carboxylic acids is 2. The van der Waals surface area contributed by atoms with Gasteiger partial charge in [-0.2, -0.15) is 0 Å². The molecule has 1 amide bonds. The molecule has 1 aliphatic rings. The number of carbonyl (C=O) groups is 2. The van der Waals surface area contributed by atoms with E-state index in [9.17, 15) is 14.7 Å². The number of hydrogen-bond acceptors (Lipinski definition) is 5. The second-order valence-corrected chi connectivity index (χ2v) is 9.09. The molecular weight excluding hydrogens is 472 g/mol. The third-order valence-corrected chi connectivity index (χ3v) is 5.97. The van der Waals surface area contributed by atoms with Crippen molar-refractivity contribution < 1.29 is 19.4 Å². The van der Waals surface area contributed by atoms with E-state index in [4.69, 9.17) is 4.74 Å². The normalized spacial score (nSPS) is 17.9. The minimum Gasteiger partial charge on any atom is -0.507 e. The molecular formula is C25H29BrN2O4. The number of aliphatic hydroxyl groups excluding tert-OH is 1. The first-order valence-corrected chi connectivity index (χ1v) is 11.5. The van der Waals surface area contributed by atoms with Crippen molar-refractivity contribution in [2.75, 3.05) is 33.8 Å². The molecule has 0 aromatic heterocycles. The molecule has 2 aromatic carbocycles. The zero-order valence-electron chi connectivity index (χ0n) is 18.9. The Hall–Kier alpha value is -2.64. The van der Waals surface area contributed by atoms with Gasteiger partial charge in [0.15, 0.2) is 0 Å². The third-order valence-electron chi connectivity index (χ3n) is 5.44. The van der Waals surface area contributed by atoms with Gasteiger partial charge >= 0.3 is 0 Å². The highest BCUT2D eigenvalue weighted by molar-refractivity contribution is 9.10. The lowest BCUT2D eigenvalue weighted by Crippen LogP contribution is -2.35. The van der Waals surface area contributed by atoms with E-state index in [1.54, 1.807) is 17.0 Å². The molecule has 170 valence electrons. The number of halogens is 1. The molecule has 1 fully saturated rings. The second kappa shape index (κ2) is 10.3. The van der Waals surface area contributed by atoms with Crippen LogP contribution in [0.1, 0.15) is 36.1 Å². The van der Waals surface area contributed by atoms with Gasteiger partial charge in [-0.25, -0.2) is 0 Å². The summed E-state index contributed by atoms with van der Waals surface area (Å²) >= 11 is 3.43. The molecule has 0 aliphatic carbocycles. The zero-order chi connectivity index (χ0) is 23.4. The van der Waals surface area contributed by atoms with Crippen LogP contribution in [-0.4, -0.2) is 60.4 Å². The van der Waals surface area contributed by atoms with Gasteiger partial charge in [0.1, 0.15) is 11.5 Å². The number of amides is 1. The standard InChI is InChI=1S/C25H29BrN2O4/c1-5-14-32-19-10-11-20(16(2)15-19)23(29)21-22(17-6-8-18(26)9-7-17)28(13-12-27(3)4)25(31)24(21)30/h6-11,15,22,29H,5,12-14H2,1-4H3. The highest BCUT2D eigenvalue weighted by Crippen LogP contribution is 2.40. The fourth-order valence-electron chi connectivity index (χ4n) is 3.77. The Bertz CT molecular complexity index is 1030. The average molecular weight is 501 g/mol. The SMILES string of the molecule is CCCOc1ccc(C(O)=C2C(=O)C(=O)N(CCN(C)C)C2c2ccc(Br)cc2)c(C)c1. The first-order chi connectivity index (χ1) is 15.2. The van der Waals surface area contributed by atoms with Crippen LogP contribution in [0.4, 0.5) is 0 Å². The van der Waals surface area contributed by atoms with Gasteiger partial charge in [0.2, 0.25) is 0 Å². The highest BCUT2D eigenvalue weighted by atomic mass is 79.9. The van der Waals surface area contributed by atoms with Gasteiger partial charge in [0.25, 0.3) is 11.7 Å². The Morgan fingerprint density at radius 3 is 2.44 bits per heavy atom. The molecule has 3 rings (SSSR count). The van der Waals surface area contributed by atoms with Crippen LogP contribution in [0, 0.1) is 6.92 Å². The lowest BCUT2D eigenvalue weighted by Gasteiger charge is -2.26. The molecule has 32 heavy (non-hydrogen) atoms. The maximum Gasteiger partial charge on any atom is 0.295 e. The molecule has 1 heterocycles. The molecule has 1 saturated heterocycles. The minimum absolute atomic E-state index is 0.112. The van der Waals surface area contributed by atoms with Crippen molar-refractivity contribution in [3.8, 4) is 5.75 Å². The predicted molar refractivity (Wildman–Crippen MR) is 129 cm³/mol. The summed E-state index contributed by atoms with van der Waals surface area (Å²) in [4.78, 5) is 29.5. The number of ether oxygens (including phenoxy) is 1. The van der Waals surface area contributed by atoms with Crippen LogP contribution in [0.15, 0.2) is 52.5 Å². The van der Waals surface area contributed by atoms with Crippen molar-refractivity contribution in [2.45, 2.75) is 26.3 Å². The molecule has 0 bridgehead atoms. The Kier molecular flexibility index (Phi) is 7.74. The van der Waals surface area contributed by atoms with E-state index in [1.165, 1.54) is 0 Å². The summed E-state index contributed by atoms with van der Waals surface area (Å²) in [6.45, 7) is 5.46. The van der Waals surface area contributed by atoms with Gasteiger partial charge in [-0.15, -0.1) is 0 Å². The molecule has 1 N–H and O–H groups in total. The van der Waals surface area contributed by atoms with Crippen molar-refractivity contribution in [2.24, 2.45) is 0 Å². The summed E-state index contributed by atoms with van der Waals surface area (Å²) in [5.41, 5.74) is 2.17. The van der Waals surface area contributed by atoms with Crippen LogP contribution in [0.5, 0.6) is 5.75 Å². The van der Waals surface area contributed by atoms with E-state index in [-0.39, 0.29) is 11.3 Å². The summed E-state index contributed by atoms with van der Waals surface area (Å²) in [6, 6.07) is 12.2. The van der Waals surface area contributed by atoms with Gasteiger partial charge in [-0.05, 0) is 68.9 Å². The Balaban J connectivity index is 2.10. The van der Waals surface area contributed by atoms with Gasteiger partial charge < -0.3 is 19.6 Å². The number of likely N-dealkylation sites (N-methyl/N-ethyl adjacent to an activating group) is 1. The summed E-state index contributed by atoms with van der Waals surface area (Å²) in [6.07, 6.45) is 0.893. The lowest BCUT2D eigenvalue weighted by molar-refractivity contribution is -0.140. The quantitative estimate of drug-likeness (QED) is 0.327. The maximum absolute atomic E-state index is 13.1. The number of ketones is 1. The summed E-state index contributed by atoms with van der Waals surface area (Å²) in [7, 11) is 3.83. The van der Waals surface area contributed by atoms with Crippen LogP contribution in [0.3, 0.4) is 0 Å². The smallest absolute Gasteiger partial charge is 0.295 e. The van der Waals surface area contributed by atoms with Gasteiger partial charge in [0.05, 0.1) is 18.2 Å². The van der Waals surface area contributed by atoms with Crippen LogP contribution >= 0.6 is 15.9 Å². The number of hydrogen-bond donors (Lipinski definition) is 1.